The molecule has 2 aromatic rings. The normalized spacial score (nSPS) is 28.7. The molecular weight excluding hydrogens is 592 g/mol. The highest BCUT2D eigenvalue weighted by Gasteiger charge is 2.77. The highest BCUT2D eigenvalue weighted by atomic mass is 79.9. The van der Waals surface area contributed by atoms with Crippen LogP contribution in [0.1, 0.15) is 18.9 Å². The molecule has 2 amide bonds. The molecule has 0 aromatic heterocycles. The summed E-state index contributed by atoms with van der Waals surface area (Å²) in [4.78, 5) is 45.1. The van der Waals surface area contributed by atoms with Gasteiger partial charge in [-0.3, -0.25) is 14.4 Å². The Hall–Kier alpha value is -3.21. The summed E-state index contributed by atoms with van der Waals surface area (Å²) in [5, 5.41) is 10.6. The third kappa shape index (κ3) is 4.96. The maximum Gasteiger partial charge on any atom is 0.312 e. The van der Waals surface area contributed by atoms with Crippen molar-refractivity contribution in [3.8, 4) is 5.75 Å². The predicted octanol–water partition coefficient (Wildman–Crippen LogP) is 3.13. The van der Waals surface area contributed by atoms with Gasteiger partial charge in [-0.05, 0) is 49.6 Å². The van der Waals surface area contributed by atoms with Crippen molar-refractivity contribution in [2.75, 3.05) is 31.8 Å². The quantitative estimate of drug-likeness (QED) is 0.232. The first kappa shape index (κ1) is 29.3. The number of aliphatic hydroxyl groups is 1. The van der Waals surface area contributed by atoms with E-state index in [1.165, 1.54) is 4.90 Å². The van der Waals surface area contributed by atoms with E-state index in [-0.39, 0.29) is 36.4 Å². The van der Waals surface area contributed by atoms with E-state index in [2.05, 4.69) is 22.5 Å². The fourth-order valence-corrected chi connectivity index (χ4v) is 7.69. The van der Waals surface area contributed by atoms with Crippen LogP contribution in [-0.2, 0) is 30.3 Å². The zero-order chi connectivity index (χ0) is 29.3. The number of methoxy groups -OCH3 is 1. The number of alkyl halides is 1. The summed E-state index contributed by atoms with van der Waals surface area (Å²) in [6, 6.07) is 14.7. The Morgan fingerprint density at radius 1 is 1.24 bits per heavy atom. The van der Waals surface area contributed by atoms with E-state index in [0.29, 0.717) is 24.3 Å². The Bertz CT molecular complexity index is 1290. The fourth-order valence-electron chi connectivity index (χ4n) is 6.75. The van der Waals surface area contributed by atoms with Crippen molar-refractivity contribution >= 4 is 39.4 Å². The molecule has 3 aliphatic heterocycles. The lowest BCUT2D eigenvalue weighted by Gasteiger charge is -2.39. The molecule has 0 aliphatic carbocycles. The second kappa shape index (κ2) is 12.0. The molecule has 3 aliphatic rings. The molecule has 5 rings (SSSR count). The SMILES string of the molecule is C=CCN(C(=O)[C@H]1N([C@@H](CO)Cc2ccccc2)C(=O)[C@@H]2[C@@H](C(=O)OCC)[C@@H]3O[C@@]21CC3Br)c1ccc(OC)cc1. The molecule has 3 saturated heterocycles. The van der Waals surface area contributed by atoms with E-state index in [1.54, 1.807) is 49.3 Å². The van der Waals surface area contributed by atoms with Gasteiger partial charge in [-0.15, -0.1) is 6.58 Å². The number of anilines is 1. The van der Waals surface area contributed by atoms with E-state index in [4.69, 9.17) is 14.2 Å². The van der Waals surface area contributed by atoms with Crippen LogP contribution in [0.4, 0.5) is 5.69 Å². The van der Waals surface area contributed by atoms with Gasteiger partial charge < -0.3 is 29.1 Å². The molecule has 1 N–H and O–H groups in total. The molecule has 7 atom stereocenters. The number of hydrogen-bond donors (Lipinski definition) is 1. The van der Waals surface area contributed by atoms with Gasteiger partial charge >= 0.3 is 5.97 Å². The summed E-state index contributed by atoms with van der Waals surface area (Å²) in [6.45, 7) is 5.53. The zero-order valence-corrected chi connectivity index (χ0v) is 24.7. The largest absolute Gasteiger partial charge is 0.497 e. The van der Waals surface area contributed by atoms with E-state index >= 15 is 0 Å². The number of hydrogen-bond acceptors (Lipinski definition) is 7. The van der Waals surface area contributed by atoms with Gasteiger partial charge in [0.15, 0.2) is 0 Å². The molecule has 2 bridgehead atoms. The average molecular weight is 628 g/mol. The number of likely N-dealkylation sites (tertiary alicyclic amines) is 1. The fraction of sp³-hybridized carbons (Fsp3) is 0.452. The number of ether oxygens (including phenoxy) is 3. The minimum Gasteiger partial charge on any atom is -0.497 e. The number of esters is 1. The molecule has 0 saturated carbocycles. The van der Waals surface area contributed by atoms with Crippen molar-refractivity contribution in [1.29, 1.82) is 0 Å². The van der Waals surface area contributed by atoms with Gasteiger partial charge in [0.25, 0.3) is 5.91 Å². The van der Waals surface area contributed by atoms with Crippen LogP contribution in [0.3, 0.4) is 0 Å². The Morgan fingerprint density at radius 3 is 2.56 bits per heavy atom. The van der Waals surface area contributed by atoms with Crippen LogP contribution in [0.15, 0.2) is 67.3 Å². The molecule has 1 unspecified atom stereocenters. The van der Waals surface area contributed by atoms with Crippen LogP contribution < -0.4 is 9.64 Å². The lowest BCUT2D eigenvalue weighted by molar-refractivity contribution is -0.155. The highest BCUT2D eigenvalue weighted by Crippen LogP contribution is 2.60. The lowest BCUT2D eigenvalue weighted by Crippen LogP contribution is -2.59. The molecule has 218 valence electrons. The summed E-state index contributed by atoms with van der Waals surface area (Å²) in [6.07, 6.45) is 1.68. The third-order valence-corrected chi connectivity index (χ3v) is 9.24. The molecule has 41 heavy (non-hydrogen) atoms. The number of benzene rings is 2. The summed E-state index contributed by atoms with van der Waals surface area (Å²) >= 11 is 3.67. The van der Waals surface area contributed by atoms with Crippen molar-refractivity contribution in [2.45, 2.75) is 48.4 Å². The van der Waals surface area contributed by atoms with Gasteiger partial charge in [-0.2, -0.15) is 0 Å². The number of amides is 2. The van der Waals surface area contributed by atoms with Crippen LogP contribution in [0.5, 0.6) is 5.75 Å². The van der Waals surface area contributed by atoms with E-state index in [9.17, 15) is 19.5 Å². The minimum absolute atomic E-state index is 0.160. The minimum atomic E-state index is -1.28. The Labute approximate surface area is 248 Å². The number of carbonyl (C=O) groups excluding carboxylic acids is 3. The topological polar surface area (TPSA) is 106 Å². The monoisotopic (exact) mass is 626 g/mol. The molecular formula is C31H35BrN2O7. The predicted molar refractivity (Wildman–Crippen MR) is 156 cm³/mol. The number of halogens is 1. The summed E-state index contributed by atoms with van der Waals surface area (Å²) < 4.78 is 17.3. The number of aliphatic hydroxyl groups excluding tert-OH is 1. The van der Waals surface area contributed by atoms with E-state index in [1.807, 2.05) is 30.3 Å². The van der Waals surface area contributed by atoms with Crippen molar-refractivity contribution in [3.63, 3.8) is 0 Å². The molecule has 10 heteroatoms. The second-order valence-electron chi connectivity index (χ2n) is 10.6. The number of carbonyl (C=O) groups is 3. The van der Waals surface area contributed by atoms with E-state index < -0.39 is 41.6 Å². The first-order chi connectivity index (χ1) is 19.8. The zero-order valence-electron chi connectivity index (χ0n) is 23.1. The van der Waals surface area contributed by atoms with Crippen LogP contribution in [-0.4, -0.2) is 83.3 Å². The van der Waals surface area contributed by atoms with Crippen molar-refractivity contribution in [2.24, 2.45) is 11.8 Å². The average Bonchev–Trinajstić information content (AvgIpc) is 3.58. The van der Waals surface area contributed by atoms with Gasteiger partial charge in [0.1, 0.15) is 17.4 Å². The van der Waals surface area contributed by atoms with Crippen LogP contribution in [0.2, 0.25) is 0 Å². The first-order valence-corrected chi connectivity index (χ1v) is 14.7. The second-order valence-corrected chi connectivity index (χ2v) is 11.8. The first-order valence-electron chi connectivity index (χ1n) is 13.8. The summed E-state index contributed by atoms with van der Waals surface area (Å²) in [5.41, 5.74) is 0.223. The van der Waals surface area contributed by atoms with Gasteiger partial charge in [-0.25, -0.2) is 0 Å². The van der Waals surface area contributed by atoms with Crippen molar-refractivity contribution in [3.05, 3.63) is 72.8 Å². The molecule has 3 heterocycles. The van der Waals surface area contributed by atoms with Crippen molar-refractivity contribution in [1.82, 2.24) is 4.90 Å². The van der Waals surface area contributed by atoms with Gasteiger partial charge in [0.2, 0.25) is 5.91 Å². The van der Waals surface area contributed by atoms with Crippen molar-refractivity contribution < 1.29 is 33.7 Å². The highest BCUT2D eigenvalue weighted by molar-refractivity contribution is 9.09. The Morgan fingerprint density at radius 2 is 1.95 bits per heavy atom. The maximum absolute atomic E-state index is 14.7. The molecule has 9 nitrogen and oxygen atoms in total. The van der Waals surface area contributed by atoms with Crippen LogP contribution >= 0.6 is 15.9 Å². The summed E-state index contributed by atoms with van der Waals surface area (Å²) in [7, 11) is 1.56. The molecule has 3 fully saturated rings. The number of rotatable bonds is 11. The smallest absolute Gasteiger partial charge is 0.312 e. The third-order valence-electron chi connectivity index (χ3n) is 8.40. The summed E-state index contributed by atoms with van der Waals surface area (Å²) in [5.74, 6) is -2.42. The van der Waals surface area contributed by atoms with Crippen LogP contribution in [0.25, 0.3) is 0 Å². The van der Waals surface area contributed by atoms with Gasteiger partial charge in [0.05, 0.1) is 44.3 Å². The van der Waals surface area contributed by atoms with Gasteiger partial charge in [-0.1, -0.05) is 52.3 Å². The Balaban J connectivity index is 1.61. The molecule has 1 spiro atoms. The van der Waals surface area contributed by atoms with Crippen LogP contribution in [0, 0.1) is 11.8 Å². The standard InChI is InChI=1S/C31H35BrN2O7/c1-4-15-33(20-11-13-22(39-3)14-12-20)29(37)27-31-17-23(32)26(41-31)24(30(38)40-5-2)25(31)28(36)34(27)21(18-35)16-19-9-7-6-8-10-19/h4,6-14,21,23-27,35H,1,5,15-18H2,2-3H3/t21-,23?,24-,25+,26-,27-,31+/m1/s1. The lowest BCUT2D eigenvalue weighted by atomic mass is 9.70. The maximum atomic E-state index is 14.7. The number of fused-ring (bicyclic) bond motifs is 1. The number of nitrogens with zero attached hydrogens (tertiary/aromatic N) is 2. The van der Waals surface area contributed by atoms with Gasteiger partial charge in [0, 0.05) is 17.1 Å². The Kier molecular flexibility index (Phi) is 8.54. The molecule has 2 aromatic carbocycles. The molecule has 0 radical (unpaired) electrons. The van der Waals surface area contributed by atoms with E-state index in [0.717, 1.165) is 5.56 Å².